The Morgan fingerprint density at radius 2 is 1.36 bits per heavy atom. The number of carbonyl (C=O) groups is 2. The average molecular weight is 343 g/mol. The first-order valence-electron chi connectivity index (χ1n) is 9.33. The molecule has 0 aromatic heterocycles. The molecule has 5 heteroatoms. The average Bonchev–Trinajstić information content (AvgIpc) is 3.16. The van der Waals surface area contributed by atoms with Crippen molar-refractivity contribution in [2.24, 2.45) is 5.41 Å². The van der Waals surface area contributed by atoms with Crippen molar-refractivity contribution in [3.05, 3.63) is 35.9 Å². The molecule has 2 amide bonds. The standard InChI is InChI=1S/C20H29N3O2/c1-20(2,18(24)22-10-6-7-11-22)19(25)23-14-12-21(13-15-23)16-17-8-4-3-5-9-17/h3-5,8-9H,6-7,10-16H2,1-2H3. The van der Waals surface area contributed by atoms with Gasteiger partial charge in [0.25, 0.3) is 0 Å². The topological polar surface area (TPSA) is 43.9 Å². The van der Waals surface area contributed by atoms with Crippen LogP contribution in [0.4, 0.5) is 0 Å². The van der Waals surface area contributed by atoms with Crippen molar-refractivity contribution >= 4 is 11.8 Å². The van der Waals surface area contributed by atoms with E-state index in [-0.39, 0.29) is 11.8 Å². The Kier molecular flexibility index (Phi) is 5.42. The van der Waals surface area contributed by atoms with E-state index in [0.717, 1.165) is 45.6 Å². The summed E-state index contributed by atoms with van der Waals surface area (Å²) in [4.78, 5) is 31.8. The van der Waals surface area contributed by atoms with Gasteiger partial charge >= 0.3 is 0 Å². The van der Waals surface area contributed by atoms with E-state index in [9.17, 15) is 9.59 Å². The number of nitrogens with zero attached hydrogens (tertiary/aromatic N) is 3. The summed E-state index contributed by atoms with van der Waals surface area (Å²) in [5.74, 6) is -0.0366. The second-order valence-electron chi connectivity index (χ2n) is 7.68. The summed E-state index contributed by atoms with van der Waals surface area (Å²) in [5, 5.41) is 0. The third-order valence-electron chi connectivity index (χ3n) is 5.37. The first-order chi connectivity index (χ1) is 12.0. The highest BCUT2D eigenvalue weighted by atomic mass is 16.2. The van der Waals surface area contributed by atoms with Crippen molar-refractivity contribution in [3.8, 4) is 0 Å². The molecule has 5 nitrogen and oxygen atoms in total. The van der Waals surface area contributed by atoms with E-state index < -0.39 is 5.41 Å². The van der Waals surface area contributed by atoms with Gasteiger partial charge in [-0.05, 0) is 32.3 Å². The highest BCUT2D eigenvalue weighted by Crippen LogP contribution is 2.25. The minimum Gasteiger partial charge on any atom is -0.342 e. The van der Waals surface area contributed by atoms with E-state index >= 15 is 0 Å². The molecule has 3 rings (SSSR count). The largest absolute Gasteiger partial charge is 0.342 e. The second kappa shape index (κ2) is 7.56. The molecule has 25 heavy (non-hydrogen) atoms. The fourth-order valence-corrected chi connectivity index (χ4v) is 3.75. The van der Waals surface area contributed by atoms with Gasteiger partial charge in [0.05, 0.1) is 0 Å². The lowest BCUT2D eigenvalue weighted by Gasteiger charge is -2.39. The van der Waals surface area contributed by atoms with E-state index in [4.69, 9.17) is 0 Å². The SMILES string of the molecule is CC(C)(C(=O)N1CCCC1)C(=O)N1CCN(Cc2ccccc2)CC1. The number of carbonyl (C=O) groups excluding carboxylic acids is 2. The molecule has 0 aliphatic carbocycles. The highest BCUT2D eigenvalue weighted by molar-refractivity contribution is 6.04. The fraction of sp³-hybridized carbons (Fsp3) is 0.600. The number of hydrogen-bond donors (Lipinski definition) is 0. The van der Waals surface area contributed by atoms with Gasteiger partial charge < -0.3 is 9.80 Å². The lowest BCUT2D eigenvalue weighted by atomic mass is 9.89. The molecule has 0 bridgehead atoms. The van der Waals surface area contributed by atoms with Crippen LogP contribution in [-0.4, -0.2) is 65.8 Å². The van der Waals surface area contributed by atoms with Crippen LogP contribution in [0.3, 0.4) is 0 Å². The van der Waals surface area contributed by atoms with Crippen molar-refractivity contribution in [1.29, 1.82) is 0 Å². The van der Waals surface area contributed by atoms with E-state index in [1.165, 1.54) is 5.56 Å². The second-order valence-corrected chi connectivity index (χ2v) is 7.68. The van der Waals surface area contributed by atoms with Gasteiger partial charge in [0.15, 0.2) is 0 Å². The van der Waals surface area contributed by atoms with Crippen LogP contribution in [0, 0.1) is 5.41 Å². The number of likely N-dealkylation sites (tertiary alicyclic amines) is 1. The molecular formula is C20H29N3O2. The van der Waals surface area contributed by atoms with Crippen LogP contribution in [0.1, 0.15) is 32.3 Å². The third-order valence-corrected chi connectivity index (χ3v) is 5.37. The molecule has 0 unspecified atom stereocenters. The molecule has 2 aliphatic rings. The van der Waals surface area contributed by atoms with Crippen LogP contribution in [0.25, 0.3) is 0 Å². The summed E-state index contributed by atoms with van der Waals surface area (Å²) in [6.45, 7) is 9.17. The van der Waals surface area contributed by atoms with Crippen LogP contribution in [0.15, 0.2) is 30.3 Å². The van der Waals surface area contributed by atoms with Gasteiger partial charge in [0, 0.05) is 45.8 Å². The predicted molar refractivity (Wildman–Crippen MR) is 97.9 cm³/mol. The van der Waals surface area contributed by atoms with Crippen molar-refractivity contribution < 1.29 is 9.59 Å². The number of benzene rings is 1. The molecule has 0 radical (unpaired) electrons. The molecule has 1 aromatic rings. The monoisotopic (exact) mass is 343 g/mol. The molecular weight excluding hydrogens is 314 g/mol. The predicted octanol–water partition coefficient (Wildman–Crippen LogP) is 1.98. The molecule has 2 aliphatic heterocycles. The Labute approximate surface area is 150 Å². The maximum Gasteiger partial charge on any atom is 0.237 e. The normalized spacial score (nSPS) is 19.3. The molecule has 2 fully saturated rings. The van der Waals surface area contributed by atoms with E-state index in [2.05, 4.69) is 29.2 Å². The van der Waals surface area contributed by atoms with E-state index in [1.54, 1.807) is 13.8 Å². The lowest BCUT2D eigenvalue weighted by Crippen LogP contribution is -2.55. The van der Waals surface area contributed by atoms with Crippen LogP contribution in [0.2, 0.25) is 0 Å². The third kappa shape index (κ3) is 4.03. The zero-order chi connectivity index (χ0) is 17.9. The minimum atomic E-state index is -0.952. The summed E-state index contributed by atoms with van der Waals surface area (Å²) in [6.07, 6.45) is 2.10. The van der Waals surface area contributed by atoms with Crippen molar-refractivity contribution in [2.45, 2.75) is 33.2 Å². The van der Waals surface area contributed by atoms with Crippen LogP contribution >= 0.6 is 0 Å². The summed E-state index contributed by atoms with van der Waals surface area (Å²) < 4.78 is 0. The van der Waals surface area contributed by atoms with Crippen LogP contribution < -0.4 is 0 Å². The molecule has 0 N–H and O–H groups in total. The molecule has 2 saturated heterocycles. The number of amides is 2. The van der Waals surface area contributed by atoms with Gasteiger partial charge in [-0.2, -0.15) is 0 Å². The van der Waals surface area contributed by atoms with E-state index in [0.29, 0.717) is 13.1 Å². The number of piperazine rings is 1. The highest BCUT2D eigenvalue weighted by Gasteiger charge is 2.42. The summed E-state index contributed by atoms with van der Waals surface area (Å²) in [7, 11) is 0. The Morgan fingerprint density at radius 3 is 1.92 bits per heavy atom. The van der Waals surface area contributed by atoms with Gasteiger partial charge in [0.1, 0.15) is 5.41 Å². The minimum absolute atomic E-state index is 0.0123. The zero-order valence-electron chi connectivity index (χ0n) is 15.4. The van der Waals surface area contributed by atoms with Gasteiger partial charge in [-0.15, -0.1) is 0 Å². The maximum atomic E-state index is 12.9. The number of rotatable bonds is 4. The molecule has 136 valence electrons. The summed E-state index contributed by atoms with van der Waals surface area (Å²) in [6, 6.07) is 10.4. The van der Waals surface area contributed by atoms with Gasteiger partial charge in [-0.3, -0.25) is 14.5 Å². The van der Waals surface area contributed by atoms with Crippen LogP contribution in [-0.2, 0) is 16.1 Å². The Hall–Kier alpha value is -1.88. The quantitative estimate of drug-likeness (QED) is 0.785. The van der Waals surface area contributed by atoms with Gasteiger partial charge in [0.2, 0.25) is 11.8 Å². The van der Waals surface area contributed by atoms with Gasteiger partial charge in [-0.25, -0.2) is 0 Å². The first kappa shape index (κ1) is 17.9. The van der Waals surface area contributed by atoms with Crippen molar-refractivity contribution in [3.63, 3.8) is 0 Å². The number of hydrogen-bond acceptors (Lipinski definition) is 3. The smallest absolute Gasteiger partial charge is 0.237 e. The fourth-order valence-electron chi connectivity index (χ4n) is 3.75. The molecule has 0 saturated carbocycles. The molecule has 0 spiro atoms. The molecule has 0 atom stereocenters. The summed E-state index contributed by atoms with van der Waals surface area (Å²) >= 11 is 0. The Morgan fingerprint density at radius 1 is 0.840 bits per heavy atom. The van der Waals surface area contributed by atoms with Crippen LogP contribution in [0.5, 0.6) is 0 Å². The van der Waals surface area contributed by atoms with Crippen molar-refractivity contribution in [2.75, 3.05) is 39.3 Å². The maximum absolute atomic E-state index is 12.9. The Balaban J connectivity index is 1.54. The van der Waals surface area contributed by atoms with Crippen molar-refractivity contribution in [1.82, 2.24) is 14.7 Å². The molecule has 2 heterocycles. The first-order valence-corrected chi connectivity index (χ1v) is 9.33. The summed E-state index contributed by atoms with van der Waals surface area (Å²) in [5.41, 5.74) is 0.346. The van der Waals surface area contributed by atoms with Gasteiger partial charge in [-0.1, -0.05) is 30.3 Å². The Bertz CT molecular complexity index is 601. The van der Waals surface area contributed by atoms with E-state index in [1.807, 2.05) is 15.9 Å². The lowest BCUT2D eigenvalue weighted by molar-refractivity contribution is -0.154. The zero-order valence-corrected chi connectivity index (χ0v) is 15.4. The molecule has 1 aromatic carbocycles.